The third kappa shape index (κ3) is 6.70. The highest BCUT2D eigenvalue weighted by Crippen LogP contribution is 2.20. The zero-order valence-corrected chi connectivity index (χ0v) is 20.6. The zero-order chi connectivity index (χ0) is 24.7. The summed E-state index contributed by atoms with van der Waals surface area (Å²) in [4.78, 5) is 20.6. The molecule has 2 aromatic carbocycles. The molecule has 0 spiro atoms. The summed E-state index contributed by atoms with van der Waals surface area (Å²) >= 11 is 6.35. The van der Waals surface area contributed by atoms with Crippen molar-refractivity contribution in [2.45, 2.75) is 18.7 Å². The third-order valence-electron chi connectivity index (χ3n) is 4.41. The number of aryl methyl sites for hydroxylation is 1. The van der Waals surface area contributed by atoms with Crippen molar-refractivity contribution in [2.75, 3.05) is 15.4 Å². The molecule has 9 nitrogen and oxygen atoms in total. The number of para-hydroxylation sites is 1. The van der Waals surface area contributed by atoms with Gasteiger partial charge in [-0.2, -0.15) is 0 Å². The van der Waals surface area contributed by atoms with Crippen molar-refractivity contribution in [2.24, 2.45) is 4.99 Å². The van der Waals surface area contributed by atoms with Crippen LogP contribution in [0.2, 0.25) is 0 Å². The number of aliphatic hydroxyl groups excluding tert-OH is 1. The van der Waals surface area contributed by atoms with Crippen LogP contribution in [0.15, 0.2) is 81.3 Å². The summed E-state index contributed by atoms with van der Waals surface area (Å²) in [7, 11) is -3.77. The maximum Gasteiger partial charge on any atom is 0.263 e. The van der Waals surface area contributed by atoms with E-state index in [1.54, 1.807) is 17.5 Å². The highest BCUT2D eigenvalue weighted by atomic mass is 32.2. The summed E-state index contributed by atoms with van der Waals surface area (Å²) in [5.41, 5.74) is 1.92. The maximum absolute atomic E-state index is 12.6. The lowest BCUT2D eigenvalue weighted by Gasteiger charge is -2.09. The number of rotatable bonds is 7. The smallest absolute Gasteiger partial charge is 0.263 e. The van der Waals surface area contributed by atoms with E-state index in [2.05, 4.69) is 25.3 Å². The van der Waals surface area contributed by atoms with E-state index in [1.165, 1.54) is 48.7 Å². The van der Waals surface area contributed by atoms with Crippen molar-refractivity contribution in [1.82, 2.24) is 4.98 Å². The molecule has 3 aromatic rings. The second kappa shape index (κ2) is 11.0. The van der Waals surface area contributed by atoms with Gasteiger partial charge in [-0.05, 0) is 62.0 Å². The highest BCUT2D eigenvalue weighted by Gasteiger charge is 2.16. The second-order valence-electron chi connectivity index (χ2n) is 6.92. The predicted molar refractivity (Wildman–Crippen MR) is 139 cm³/mol. The van der Waals surface area contributed by atoms with Gasteiger partial charge in [0.1, 0.15) is 5.76 Å². The van der Waals surface area contributed by atoms with Crippen LogP contribution >= 0.6 is 23.6 Å². The summed E-state index contributed by atoms with van der Waals surface area (Å²) in [5.74, 6) is -0.761. The number of aliphatic hydroxyl groups is 1. The number of hydrogen-bond donors (Lipinski definition) is 4. The molecule has 1 amide bonds. The molecule has 34 heavy (non-hydrogen) atoms. The molecule has 0 unspecified atom stereocenters. The molecule has 0 radical (unpaired) electrons. The average Bonchev–Trinajstić information content (AvgIpc) is 3.28. The average molecular weight is 516 g/mol. The van der Waals surface area contributed by atoms with Crippen molar-refractivity contribution in [3.05, 3.63) is 77.0 Å². The predicted octanol–water partition coefficient (Wildman–Crippen LogP) is 4.49. The van der Waals surface area contributed by atoms with Gasteiger partial charge < -0.3 is 15.7 Å². The first-order valence-electron chi connectivity index (χ1n) is 9.80. The van der Waals surface area contributed by atoms with E-state index in [-0.39, 0.29) is 26.5 Å². The first kappa shape index (κ1) is 25.0. The van der Waals surface area contributed by atoms with Gasteiger partial charge in [0.15, 0.2) is 10.2 Å². The Balaban J connectivity index is 1.64. The van der Waals surface area contributed by atoms with Gasteiger partial charge in [0, 0.05) is 29.2 Å². The first-order chi connectivity index (χ1) is 16.2. The molecule has 0 aliphatic carbocycles. The molecule has 0 aliphatic rings. The van der Waals surface area contributed by atoms with Crippen LogP contribution < -0.4 is 15.4 Å². The van der Waals surface area contributed by atoms with Gasteiger partial charge in [-0.1, -0.05) is 18.2 Å². The van der Waals surface area contributed by atoms with Crippen molar-refractivity contribution in [3.8, 4) is 0 Å². The van der Waals surface area contributed by atoms with E-state index in [0.717, 1.165) is 11.8 Å². The van der Waals surface area contributed by atoms with Crippen LogP contribution in [0.25, 0.3) is 0 Å². The van der Waals surface area contributed by atoms with Gasteiger partial charge in [-0.3, -0.25) is 9.52 Å². The fourth-order valence-corrected chi connectivity index (χ4v) is 4.62. The Morgan fingerprint density at radius 2 is 1.85 bits per heavy atom. The van der Waals surface area contributed by atoms with Crippen molar-refractivity contribution in [3.63, 3.8) is 0 Å². The van der Waals surface area contributed by atoms with Crippen molar-refractivity contribution < 1.29 is 18.3 Å². The molecule has 0 saturated carbocycles. The minimum atomic E-state index is -3.77. The fraction of sp³-hybridized carbons (Fsp3) is 0.0909. The fourth-order valence-electron chi connectivity index (χ4n) is 2.66. The lowest BCUT2D eigenvalue weighted by Crippen LogP contribution is -2.18. The summed E-state index contributed by atoms with van der Waals surface area (Å²) in [6, 6.07) is 13.1. The molecule has 1 aromatic heterocycles. The van der Waals surface area contributed by atoms with Gasteiger partial charge in [-0.15, -0.1) is 11.3 Å². The van der Waals surface area contributed by atoms with E-state index < -0.39 is 15.9 Å². The lowest BCUT2D eigenvalue weighted by molar-refractivity contribution is -0.112. The van der Waals surface area contributed by atoms with E-state index in [9.17, 15) is 18.3 Å². The van der Waals surface area contributed by atoms with Crippen LogP contribution in [0.3, 0.4) is 0 Å². The van der Waals surface area contributed by atoms with E-state index in [1.807, 2.05) is 19.1 Å². The quantitative estimate of drug-likeness (QED) is 0.158. The second-order valence-corrected chi connectivity index (χ2v) is 9.89. The van der Waals surface area contributed by atoms with Gasteiger partial charge >= 0.3 is 0 Å². The summed E-state index contributed by atoms with van der Waals surface area (Å²) in [5, 5.41) is 17.4. The van der Waals surface area contributed by atoms with Gasteiger partial charge in [-0.25, -0.2) is 18.4 Å². The number of allylic oxidation sites excluding steroid dienone is 1. The summed E-state index contributed by atoms with van der Waals surface area (Å²) in [6.45, 7) is 3.22. The van der Waals surface area contributed by atoms with Gasteiger partial charge in [0.2, 0.25) is 0 Å². The number of thiazole rings is 1. The third-order valence-corrected chi connectivity index (χ3v) is 6.79. The normalized spacial score (nSPS) is 12.2. The Morgan fingerprint density at radius 3 is 2.47 bits per heavy atom. The highest BCUT2D eigenvalue weighted by molar-refractivity contribution is 7.93. The number of nitrogens with zero attached hydrogens (tertiary/aromatic N) is 2. The van der Waals surface area contributed by atoms with E-state index in [4.69, 9.17) is 12.2 Å². The minimum absolute atomic E-state index is 0.0129. The first-order valence-corrected chi connectivity index (χ1v) is 12.6. The molecule has 0 aliphatic heterocycles. The molecular weight excluding hydrogens is 494 g/mol. The summed E-state index contributed by atoms with van der Waals surface area (Å²) in [6.07, 6.45) is 2.66. The molecule has 176 valence electrons. The number of sulfonamides is 1. The van der Waals surface area contributed by atoms with E-state index >= 15 is 0 Å². The Hall–Kier alpha value is -3.61. The number of aromatic nitrogens is 1. The van der Waals surface area contributed by atoms with Crippen LogP contribution in [-0.2, 0) is 14.8 Å². The molecule has 12 heteroatoms. The number of hydrogen-bond acceptors (Lipinski definition) is 7. The number of nitrogens with one attached hydrogen (secondary N) is 3. The summed E-state index contributed by atoms with van der Waals surface area (Å²) < 4.78 is 27.2. The molecular formula is C22H21N5O4S3. The lowest BCUT2D eigenvalue weighted by atomic mass is 10.2. The van der Waals surface area contributed by atoms with Crippen LogP contribution in [0.5, 0.6) is 0 Å². The largest absolute Gasteiger partial charge is 0.512 e. The van der Waals surface area contributed by atoms with Gasteiger partial charge in [0.05, 0.1) is 10.5 Å². The molecule has 0 atom stereocenters. The topological polar surface area (TPSA) is 133 Å². The van der Waals surface area contributed by atoms with Gasteiger partial charge in [0.25, 0.3) is 15.9 Å². The Morgan fingerprint density at radius 1 is 1.15 bits per heavy atom. The van der Waals surface area contributed by atoms with Crippen LogP contribution in [-0.4, -0.2) is 35.7 Å². The SMILES string of the molecule is C/C(O)=C(/C=N/C(=S)Nc1ccc(S(=O)(=O)Nc2nccs2)cc1)C(=O)Nc1ccccc1C. The van der Waals surface area contributed by atoms with Crippen molar-refractivity contribution in [1.29, 1.82) is 0 Å². The number of amides is 1. The number of carbonyl (C=O) groups excluding carboxylic acids is 1. The monoisotopic (exact) mass is 515 g/mol. The molecule has 1 heterocycles. The number of benzene rings is 2. The maximum atomic E-state index is 12.6. The standard InChI is InChI=1S/C22H21N5O4S3/c1-14-5-3-4-6-19(14)26-20(29)18(15(2)28)13-24-21(32)25-16-7-9-17(10-8-16)34(30,31)27-22-23-11-12-33-22/h3-13,28H,1-2H3,(H,23,27)(H,25,32)(H,26,29)/b18-15+,24-13+. The molecule has 0 saturated heterocycles. The number of thiocarbonyl (C=S) groups is 1. The van der Waals surface area contributed by atoms with Crippen LogP contribution in [0, 0.1) is 6.92 Å². The van der Waals surface area contributed by atoms with E-state index in [0.29, 0.717) is 11.4 Å². The Bertz CT molecular complexity index is 1350. The minimum Gasteiger partial charge on any atom is -0.512 e. The number of carbonyl (C=O) groups is 1. The molecule has 0 bridgehead atoms. The zero-order valence-electron chi connectivity index (χ0n) is 18.1. The molecule has 0 fully saturated rings. The van der Waals surface area contributed by atoms with Crippen molar-refractivity contribution >= 4 is 67.3 Å². The molecule has 3 rings (SSSR count). The Kier molecular flexibility index (Phi) is 8.10. The number of aliphatic imine (C=N–C) groups is 1. The Labute approximate surface area is 206 Å². The molecule has 4 N–H and O–H groups in total. The number of anilines is 3. The van der Waals surface area contributed by atoms with Crippen LogP contribution in [0.1, 0.15) is 12.5 Å². The van der Waals surface area contributed by atoms with Crippen LogP contribution in [0.4, 0.5) is 16.5 Å².